The Kier molecular flexibility index (Phi) is 4.30. The van der Waals surface area contributed by atoms with Gasteiger partial charge in [0.15, 0.2) is 0 Å². The SMILES string of the molecule is COc1ccc(C#C[C@H]2c3ccccc3N(C)C(=O)[C@]23Oc2ccccc2C3=O)cc1. The number of rotatable bonds is 1. The van der Waals surface area contributed by atoms with Gasteiger partial charge in [-0.25, -0.2) is 0 Å². The van der Waals surface area contributed by atoms with E-state index in [9.17, 15) is 9.59 Å². The summed E-state index contributed by atoms with van der Waals surface area (Å²) in [7, 11) is 3.27. The quantitative estimate of drug-likeness (QED) is 0.453. The molecular weight excluding hydrogens is 390 g/mol. The van der Waals surface area contributed by atoms with Crippen LogP contribution in [0.3, 0.4) is 0 Å². The second-order valence-electron chi connectivity index (χ2n) is 7.52. The molecule has 0 saturated heterocycles. The summed E-state index contributed by atoms with van der Waals surface area (Å²) >= 11 is 0. The van der Waals surface area contributed by atoms with Crippen LogP contribution in [0.4, 0.5) is 5.69 Å². The van der Waals surface area contributed by atoms with Gasteiger partial charge in [-0.05, 0) is 48.0 Å². The molecule has 2 aliphatic heterocycles. The maximum Gasteiger partial charge on any atom is 0.280 e. The second kappa shape index (κ2) is 7.03. The highest BCUT2D eigenvalue weighted by molar-refractivity contribution is 6.26. The highest BCUT2D eigenvalue weighted by atomic mass is 16.5. The zero-order valence-corrected chi connectivity index (χ0v) is 17.1. The minimum absolute atomic E-state index is 0.358. The average molecular weight is 409 g/mol. The summed E-state index contributed by atoms with van der Waals surface area (Å²) in [6, 6.07) is 21.8. The lowest BCUT2D eigenvalue weighted by molar-refractivity contribution is -0.130. The first kappa shape index (κ1) is 19.0. The molecule has 1 spiro atoms. The first-order chi connectivity index (χ1) is 15.1. The molecule has 5 rings (SSSR count). The van der Waals surface area contributed by atoms with Crippen LogP contribution in [-0.4, -0.2) is 31.4 Å². The Hall–Kier alpha value is -4.04. The number of methoxy groups -OCH3 is 1. The Balaban J connectivity index is 1.69. The van der Waals surface area contributed by atoms with E-state index >= 15 is 0 Å². The number of Topliss-reactive ketones (excluding diaryl/α,β-unsaturated/α-hetero) is 1. The fourth-order valence-electron chi connectivity index (χ4n) is 4.24. The van der Waals surface area contributed by atoms with E-state index in [4.69, 9.17) is 9.47 Å². The minimum atomic E-state index is -1.74. The van der Waals surface area contributed by atoms with E-state index in [-0.39, 0.29) is 5.78 Å². The number of carbonyl (C=O) groups is 2. The number of hydrogen-bond donors (Lipinski definition) is 0. The lowest BCUT2D eigenvalue weighted by Crippen LogP contribution is -2.61. The zero-order valence-electron chi connectivity index (χ0n) is 17.1. The van der Waals surface area contributed by atoms with Gasteiger partial charge in [0.1, 0.15) is 17.4 Å². The van der Waals surface area contributed by atoms with Crippen LogP contribution >= 0.6 is 0 Å². The Morgan fingerprint density at radius 2 is 1.68 bits per heavy atom. The van der Waals surface area contributed by atoms with E-state index in [2.05, 4.69) is 11.8 Å². The predicted molar refractivity (Wildman–Crippen MR) is 117 cm³/mol. The molecule has 0 fully saturated rings. The van der Waals surface area contributed by atoms with Crippen molar-refractivity contribution in [2.45, 2.75) is 11.5 Å². The van der Waals surface area contributed by atoms with Crippen molar-refractivity contribution in [3.63, 3.8) is 0 Å². The highest BCUT2D eigenvalue weighted by Crippen LogP contribution is 2.49. The van der Waals surface area contributed by atoms with E-state index in [1.807, 2.05) is 48.5 Å². The number of benzene rings is 3. The summed E-state index contributed by atoms with van der Waals surface area (Å²) in [6.07, 6.45) is 0. The number of ether oxygens (including phenoxy) is 2. The van der Waals surface area contributed by atoms with Gasteiger partial charge >= 0.3 is 0 Å². The molecule has 0 aromatic heterocycles. The van der Waals surface area contributed by atoms with E-state index < -0.39 is 17.4 Å². The molecule has 2 atom stereocenters. The van der Waals surface area contributed by atoms with Gasteiger partial charge in [-0.2, -0.15) is 0 Å². The summed E-state index contributed by atoms with van der Waals surface area (Å²) < 4.78 is 11.4. The molecule has 2 aliphatic rings. The van der Waals surface area contributed by atoms with Crippen LogP contribution in [0.5, 0.6) is 11.5 Å². The van der Waals surface area contributed by atoms with Crippen LogP contribution in [-0.2, 0) is 4.79 Å². The monoisotopic (exact) mass is 409 g/mol. The van der Waals surface area contributed by atoms with Gasteiger partial charge in [0.2, 0.25) is 5.78 Å². The van der Waals surface area contributed by atoms with Crippen molar-refractivity contribution < 1.29 is 19.1 Å². The van der Waals surface area contributed by atoms with Crippen LogP contribution in [0.25, 0.3) is 0 Å². The molecule has 0 unspecified atom stereocenters. The number of para-hydroxylation sites is 2. The molecule has 152 valence electrons. The third kappa shape index (κ3) is 2.72. The number of anilines is 1. The summed E-state index contributed by atoms with van der Waals surface area (Å²) in [5.41, 5.74) is 0.917. The molecule has 0 N–H and O–H groups in total. The van der Waals surface area contributed by atoms with Crippen molar-refractivity contribution in [1.29, 1.82) is 0 Å². The number of ketones is 1. The molecule has 3 aromatic carbocycles. The molecule has 5 nitrogen and oxygen atoms in total. The number of fused-ring (bicyclic) bond motifs is 2. The standard InChI is InChI=1S/C26H19NO4/c1-27-22-9-5-3-7-19(22)21(16-13-17-11-14-18(30-2)15-12-17)26(25(27)29)24(28)20-8-4-6-10-23(20)31-26/h3-12,14-15,21H,1-2H3/t21-,26-/m0/s1. The molecule has 2 heterocycles. The lowest BCUT2D eigenvalue weighted by Gasteiger charge is -2.40. The fraction of sp³-hybridized carbons (Fsp3) is 0.154. The van der Waals surface area contributed by atoms with Gasteiger partial charge in [0, 0.05) is 18.3 Å². The van der Waals surface area contributed by atoms with Crippen LogP contribution in [0, 0.1) is 11.8 Å². The van der Waals surface area contributed by atoms with E-state index in [1.54, 1.807) is 38.4 Å². The van der Waals surface area contributed by atoms with Crippen LogP contribution in [0.2, 0.25) is 0 Å². The van der Waals surface area contributed by atoms with Gasteiger partial charge in [0.25, 0.3) is 11.5 Å². The molecule has 0 saturated carbocycles. The first-order valence-corrected chi connectivity index (χ1v) is 9.92. The van der Waals surface area contributed by atoms with E-state index in [0.717, 1.165) is 22.6 Å². The maximum atomic E-state index is 13.6. The minimum Gasteiger partial charge on any atom is -0.497 e. The molecule has 0 bridgehead atoms. The Bertz CT molecular complexity index is 1270. The molecular formula is C26H19NO4. The number of amides is 1. The molecule has 0 radical (unpaired) electrons. The summed E-state index contributed by atoms with van der Waals surface area (Å²) in [5.74, 6) is 5.94. The third-order valence-corrected chi connectivity index (χ3v) is 5.83. The Labute approximate surface area is 180 Å². The third-order valence-electron chi connectivity index (χ3n) is 5.83. The maximum absolute atomic E-state index is 13.6. The highest BCUT2D eigenvalue weighted by Gasteiger charge is 2.63. The Morgan fingerprint density at radius 3 is 2.42 bits per heavy atom. The van der Waals surface area contributed by atoms with Crippen LogP contribution in [0.1, 0.15) is 27.4 Å². The van der Waals surface area contributed by atoms with E-state index in [1.165, 1.54) is 4.90 Å². The fourth-order valence-corrected chi connectivity index (χ4v) is 4.24. The van der Waals surface area contributed by atoms with Gasteiger partial charge in [-0.1, -0.05) is 42.2 Å². The van der Waals surface area contributed by atoms with Crippen LogP contribution in [0.15, 0.2) is 72.8 Å². The van der Waals surface area contributed by atoms with Gasteiger partial charge < -0.3 is 14.4 Å². The van der Waals surface area contributed by atoms with Crippen LogP contribution < -0.4 is 14.4 Å². The van der Waals surface area contributed by atoms with Gasteiger partial charge in [-0.15, -0.1) is 0 Å². The zero-order chi connectivity index (χ0) is 21.6. The molecule has 1 amide bonds. The van der Waals surface area contributed by atoms with Crippen molar-refractivity contribution >= 4 is 17.4 Å². The second-order valence-corrected chi connectivity index (χ2v) is 7.52. The van der Waals surface area contributed by atoms with Crippen molar-refractivity contribution in [2.75, 3.05) is 19.1 Å². The number of carbonyl (C=O) groups excluding carboxylic acids is 2. The van der Waals surface area contributed by atoms with Crippen molar-refractivity contribution in [3.05, 3.63) is 89.5 Å². The molecule has 5 heteroatoms. The van der Waals surface area contributed by atoms with Crippen molar-refractivity contribution in [1.82, 2.24) is 0 Å². The largest absolute Gasteiger partial charge is 0.497 e. The number of hydrogen-bond acceptors (Lipinski definition) is 4. The normalized spacial score (nSPS) is 21.1. The molecule has 0 aliphatic carbocycles. The summed E-state index contributed by atoms with van der Waals surface area (Å²) in [5, 5.41) is 0. The number of nitrogens with zero attached hydrogens (tertiary/aromatic N) is 1. The van der Waals surface area contributed by atoms with Gasteiger partial charge in [0.05, 0.1) is 12.7 Å². The first-order valence-electron chi connectivity index (χ1n) is 9.92. The van der Waals surface area contributed by atoms with Crippen molar-refractivity contribution in [3.8, 4) is 23.3 Å². The average Bonchev–Trinajstić information content (AvgIpc) is 3.11. The van der Waals surface area contributed by atoms with Gasteiger partial charge in [-0.3, -0.25) is 9.59 Å². The summed E-state index contributed by atoms with van der Waals surface area (Å²) in [6.45, 7) is 0. The van der Waals surface area contributed by atoms with E-state index in [0.29, 0.717) is 11.3 Å². The lowest BCUT2D eigenvalue weighted by atomic mass is 9.74. The topological polar surface area (TPSA) is 55.8 Å². The number of likely N-dealkylation sites (N-methyl/N-ethyl adjacent to an activating group) is 1. The smallest absolute Gasteiger partial charge is 0.280 e. The summed E-state index contributed by atoms with van der Waals surface area (Å²) in [4.78, 5) is 28.7. The van der Waals surface area contributed by atoms with Crippen molar-refractivity contribution in [2.24, 2.45) is 0 Å². The molecule has 3 aromatic rings. The Morgan fingerprint density at radius 1 is 0.968 bits per heavy atom. The predicted octanol–water partition coefficient (Wildman–Crippen LogP) is 3.82. The molecule has 31 heavy (non-hydrogen) atoms.